The molecule has 112 valence electrons. The third kappa shape index (κ3) is 2.82. The Balaban J connectivity index is 2.54. The molecule has 1 aliphatic heterocycles. The van der Waals surface area contributed by atoms with Gasteiger partial charge in [-0.25, -0.2) is 4.39 Å². The third-order valence-corrected chi connectivity index (χ3v) is 3.28. The number of anilines is 1. The SMILES string of the molecule is CC(C)CN1C(=O)/C(=C/C(=O)N(C)C)c2cccc(F)c21. The van der Waals surface area contributed by atoms with E-state index in [2.05, 4.69) is 0 Å². The Labute approximate surface area is 123 Å². The van der Waals surface area contributed by atoms with E-state index in [1.165, 1.54) is 21.9 Å². The molecule has 1 aromatic carbocycles. The summed E-state index contributed by atoms with van der Waals surface area (Å²) in [6.07, 6.45) is 1.28. The number of carbonyl (C=O) groups is 2. The predicted molar refractivity (Wildman–Crippen MR) is 80.3 cm³/mol. The van der Waals surface area contributed by atoms with E-state index in [1.807, 2.05) is 13.8 Å². The molecule has 0 atom stereocenters. The Bertz CT molecular complexity index is 621. The number of fused-ring (bicyclic) bond motifs is 1. The molecule has 1 aliphatic rings. The second kappa shape index (κ2) is 5.68. The summed E-state index contributed by atoms with van der Waals surface area (Å²) in [7, 11) is 3.22. The molecule has 0 radical (unpaired) electrons. The molecule has 0 spiro atoms. The second-order valence-corrected chi connectivity index (χ2v) is 5.74. The van der Waals surface area contributed by atoms with Crippen LogP contribution in [0.3, 0.4) is 0 Å². The van der Waals surface area contributed by atoms with Gasteiger partial charge >= 0.3 is 0 Å². The molecule has 0 bridgehead atoms. The number of likely N-dealkylation sites (N-methyl/N-ethyl adjacent to an activating group) is 1. The number of hydrogen-bond donors (Lipinski definition) is 0. The van der Waals surface area contributed by atoms with Crippen LogP contribution in [-0.2, 0) is 9.59 Å². The molecular formula is C16H19FN2O2. The van der Waals surface area contributed by atoms with Gasteiger partial charge in [-0.15, -0.1) is 0 Å². The van der Waals surface area contributed by atoms with Gasteiger partial charge in [0.25, 0.3) is 5.91 Å². The Hall–Kier alpha value is -2.17. The van der Waals surface area contributed by atoms with Crippen molar-refractivity contribution >= 4 is 23.1 Å². The summed E-state index contributed by atoms with van der Waals surface area (Å²) in [4.78, 5) is 27.2. The molecule has 0 saturated carbocycles. The maximum Gasteiger partial charge on any atom is 0.259 e. The summed E-state index contributed by atoms with van der Waals surface area (Å²) in [5.41, 5.74) is 1.01. The van der Waals surface area contributed by atoms with Gasteiger partial charge in [0, 0.05) is 32.3 Å². The quantitative estimate of drug-likeness (QED) is 0.801. The molecule has 0 N–H and O–H groups in total. The molecule has 0 unspecified atom stereocenters. The molecule has 1 aromatic rings. The van der Waals surface area contributed by atoms with Crippen molar-refractivity contribution in [2.45, 2.75) is 13.8 Å². The van der Waals surface area contributed by atoms with Gasteiger partial charge in [0.15, 0.2) is 0 Å². The van der Waals surface area contributed by atoms with Crippen LogP contribution in [-0.4, -0.2) is 37.4 Å². The highest BCUT2D eigenvalue weighted by Gasteiger charge is 2.35. The van der Waals surface area contributed by atoms with E-state index < -0.39 is 5.82 Å². The molecule has 5 heteroatoms. The van der Waals surface area contributed by atoms with Crippen molar-refractivity contribution in [1.29, 1.82) is 0 Å². The van der Waals surface area contributed by atoms with Gasteiger partial charge in [0.2, 0.25) is 5.91 Å². The molecule has 0 fully saturated rings. The molecule has 2 rings (SSSR count). The summed E-state index contributed by atoms with van der Waals surface area (Å²) < 4.78 is 14.1. The average Bonchev–Trinajstić information content (AvgIpc) is 2.65. The summed E-state index contributed by atoms with van der Waals surface area (Å²) in [5, 5.41) is 0. The molecular weight excluding hydrogens is 271 g/mol. The van der Waals surface area contributed by atoms with E-state index in [0.29, 0.717) is 12.1 Å². The van der Waals surface area contributed by atoms with E-state index in [4.69, 9.17) is 0 Å². The predicted octanol–water partition coefficient (Wildman–Crippen LogP) is 2.30. The normalized spacial score (nSPS) is 15.8. The van der Waals surface area contributed by atoms with Crippen LogP contribution in [0.4, 0.5) is 10.1 Å². The fourth-order valence-electron chi connectivity index (χ4n) is 2.30. The van der Waals surface area contributed by atoms with Crippen molar-refractivity contribution in [2.75, 3.05) is 25.5 Å². The van der Waals surface area contributed by atoms with Gasteiger partial charge in [0.05, 0.1) is 11.3 Å². The minimum Gasteiger partial charge on any atom is -0.345 e. The smallest absolute Gasteiger partial charge is 0.259 e. The minimum atomic E-state index is -0.442. The first-order valence-electron chi connectivity index (χ1n) is 6.86. The van der Waals surface area contributed by atoms with Gasteiger partial charge in [-0.3, -0.25) is 9.59 Å². The van der Waals surface area contributed by atoms with E-state index in [-0.39, 0.29) is 29.0 Å². The molecule has 0 saturated heterocycles. The van der Waals surface area contributed by atoms with E-state index >= 15 is 0 Å². The molecule has 0 aliphatic carbocycles. The lowest BCUT2D eigenvalue weighted by atomic mass is 10.1. The van der Waals surface area contributed by atoms with Crippen LogP contribution in [0, 0.1) is 11.7 Å². The van der Waals surface area contributed by atoms with Gasteiger partial charge in [-0.05, 0) is 12.0 Å². The highest BCUT2D eigenvalue weighted by molar-refractivity contribution is 6.34. The fraction of sp³-hybridized carbons (Fsp3) is 0.375. The fourth-order valence-corrected chi connectivity index (χ4v) is 2.30. The van der Waals surface area contributed by atoms with Crippen LogP contribution in [0.2, 0.25) is 0 Å². The van der Waals surface area contributed by atoms with Crippen LogP contribution in [0.5, 0.6) is 0 Å². The zero-order valence-electron chi connectivity index (χ0n) is 12.7. The summed E-state index contributed by atoms with van der Waals surface area (Å²) in [6.45, 7) is 4.33. The Morgan fingerprint density at radius 1 is 1.38 bits per heavy atom. The molecule has 2 amide bonds. The average molecular weight is 290 g/mol. The topological polar surface area (TPSA) is 40.6 Å². The number of nitrogens with zero attached hydrogens (tertiary/aromatic N) is 2. The van der Waals surface area contributed by atoms with E-state index in [1.54, 1.807) is 26.2 Å². The first kappa shape index (κ1) is 15.2. The van der Waals surface area contributed by atoms with Gasteiger partial charge < -0.3 is 9.80 Å². The summed E-state index contributed by atoms with van der Waals surface area (Å²) >= 11 is 0. The van der Waals surface area contributed by atoms with Crippen LogP contribution in [0.1, 0.15) is 19.4 Å². The van der Waals surface area contributed by atoms with Crippen LogP contribution < -0.4 is 4.90 Å². The van der Waals surface area contributed by atoms with Crippen molar-refractivity contribution in [3.05, 3.63) is 35.7 Å². The lowest BCUT2D eigenvalue weighted by Crippen LogP contribution is -2.31. The zero-order valence-corrected chi connectivity index (χ0v) is 12.7. The number of benzene rings is 1. The monoisotopic (exact) mass is 290 g/mol. The van der Waals surface area contributed by atoms with E-state index in [9.17, 15) is 14.0 Å². The minimum absolute atomic E-state index is 0.199. The summed E-state index contributed by atoms with van der Waals surface area (Å²) in [5.74, 6) is -0.855. The Morgan fingerprint density at radius 3 is 2.62 bits per heavy atom. The van der Waals surface area contributed by atoms with Gasteiger partial charge in [-0.1, -0.05) is 26.0 Å². The van der Waals surface area contributed by atoms with Crippen molar-refractivity contribution in [3.63, 3.8) is 0 Å². The first-order valence-corrected chi connectivity index (χ1v) is 6.86. The highest BCUT2D eigenvalue weighted by atomic mass is 19.1. The molecule has 1 heterocycles. The van der Waals surface area contributed by atoms with Crippen molar-refractivity contribution in [1.82, 2.24) is 4.90 Å². The van der Waals surface area contributed by atoms with Crippen LogP contribution in [0.15, 0.2) is 24.3 Å². The molecule has 21 heavy (non-hydrogen) atoms. The lowest BCUT2D eigenvalue weighted by Gasteiger charge is -2.19. The highest BCUT2D eigenvalue weighted by Crippen LogP contribution is 2.38. The number of rotatable bonds is 3. The number of carbonyl (C=O) groups excluding carboxylic acids is 2. The third-order valence-electron chi connectivity index (χ3n) is 3.28. The number of amides is 2. The first-order chi connectivity index (χ1) is 9.82. The van der Waals surface area contributed by atoms with Crippen LogP contribution in [0.25, 0.3) is 5.57 Å². The zero-order chi connectivity index (χ0) is 15.7. The van der Waals surface area contributed by atoms with Gasteiger partial charge in [-0.2, -0.15) is 0 Å². The Morgan fingerprint density at radius 2 is 2.05 bits per heavy atom. The van der Waals surface area contributed by atoms with Crippen LogP contribution >= 0.6 is 0 Å². The van der Waals surface area contributed by atoms with E-state index in [0.717, 1.165) is 0 Å². The van der Waals surface area contributed by atoms with Crippen molar-refractivity contribution in [3.8, 4) is 0 Å². The number of para-hydroxylation sites is 1. The van der Waals surface area contributed by atoms with Crippen molar-refractivity contribution < 1.29 is 14.0 Å². The standard InChI is InChI=1S/C16H19FN2O2/c1-10(2)9-19-15-11(6-5-7-13(15)17)12(16(19)21)8-14(20)18(3)4/h5-8,10H,9H2,1-4H3/b12-8+. The number of hydrogen-bond acceptors (Lipinski definition) is 2. The maximum atomic E-state index is 14.1. The largest absolute Gasteiger partial charge is 0.345 e. The van der Waals surface area contributed by atoms with Crippen molar-refractivity contribution in [2.24, 2.45) is 5.92 Å². The maximum absolute atomic E-state index is 14.1. The van der Waals surface area contributed by atoms with Gasteiger partial charge in [0.1, 0.15) is 5.82 Å². The number of halogens is 1. The Kier molecular flexibility index (Phi) is 4.11. The second-order valence-electron chi connectivity index (χ2n) is 5.74. The summed E-state index contributed by atoms with van der Waals surface area (Å²) in [6, 6.07) is 4.55. The molecule has 0 aromatic heterocycles. The molecule has 4 nitrogen and oxygen atoms in total. The lowest BCUT2D eigenvalue weighted by molar-refractivity contribution is -0.123.